The second-order valence-electron chi connectivity index (χ2n) is 15.9. The van der Waals surface area contributed by atoms with Gasteiger partial charge in [-0.2, -0.15) is 0 Å². The molecule has 5 aliphatic carbocycles. The lowest BCUT2D eigenvalue weighted by Gasteiger charge is -2.73. The molecule has 5 aliphatic rings. The van der Waals surface area contributed by atoms with E-state index >= 15 is 0 Å². The van der Waals surface area contributed by atoms with Gasteiger partial charge in [-0.3, -0.25) is 0 Å². The molecule has 0 amide bonds. The lowest BCUT2D eigenvalue weighted by Crippen LogP contribution is -2.65. The zero-order chi connectivity index (χ0) is 24.7. The summed E-state index contributed by atoms with van der Waals surface area (Å²) in [7, 11) is 0. The molecule has 0 aromatic heterocycles. The summed E-state index contributed by atoms with van der Waals surface area (Å²) in [6.45, 7) is 18.4. The third kappa shape index (κ3) is 3.32. The molecule has 1 unspecified atom stereocenters. The fourth-order valence-corrected chi connectivity index (χ4v) is 12.7. The SMILES string of the molecule is C[C@H](CC(O)CO)[C@H]1CC[C@]2(C)[C@H]3CC[C@@H]4[C@@]5(C)CCCC(C)(C)[C@@H]5CC[C@@]4(C)[C@]3(C)CC[C@@H]12. The quantitative estimate of drug-likeness (QED) is 0.437. The van der Waals surface area contributed by atoms with Gasteiger partial charge in [-0.25, -0.2) is 0 Å². The average molecular weight is 473 g/mol. The molecular formula is C32H56O2. The van der Waals surface area contributed by atoms with Crippen LogP contribution in [-0.4, -0.2) is 22.9 Å². The summed E-state index contributed by atoms with van der Waals surface area (Å²) in [5.74, 6) is 4.73. The second kappa shape index (κ2) is 8.21. The Labute approximate surface area is 211 Å². The fourth-order valence-electron chi connectivity index (χ4n) is 12.7. The van der Waals surface area contributed by atoms with Crippen LogP contribution < -0.4 is 0 Å². The Balaban J connectivity index is 1.44. The number of hydrogen-bond donors (Lipinski definition) is 2. The molecule has 0 aliphatic heterocycles. The maximum absolute atomic E-state index is 10.1. The summed E-state index contributed by atoms with van der Waals surface area (Å²) in [6.07, 6.45) is 15.9. The van der Waals surface area contributed by atoms with E-state index in [1.165, 1.54) is 70.6 Å². The van der Waals surface area contributed by atoms with Crippen LogP contribution in [0.25, 0.3) is 0 Å². The molecule has 2 N–H and O–H groups in total. The van der Waals surface area contributed by atoms with Gasteiger partial charge in [0.1, 0.15) is 0 Å². The Morgan fingerprint density at radius 2 is 1.32 bits per heavy atom. The minimum Gasteiger partial charge on any atom is -0.394 e. The normalized spacial score (nSPS) is 53.7. The number of aliphatic hydroxyl groups excluding tert-OH is 2. The Kier molecular flexibility index (Phi) is 6.17. The van der Waals surface area contributed by atoms with Crippen molar-refractivity contribution in [1.29, 1.82) is 0 Å². The van der Waals surface area contributed by atoms with E-state index in [4.69, 9.17) is 0 Å². The van der Waals surface area contributed by atoms with Gasteiger partial charge in [0.25, 0.3) is 0 Å². The zero-order valence-corrected chi connectivity index (χ0v) is 23.6. The van der Waals surface area contributed by atoms with Crippen LogP contribution in [0.5, 0.6) is 0 Å². The summed E-state index contributed by atoms with van der Waals surface area (Å²) in [4.78, 5) is 0. The number of aliphatic hydroxyl groups is 2. The van der Waals surface area contributed by atoms with E-state index in [0.717, 1.165) is 36.0 Å². The molecular weight excluding hydrogens is 416 g/mol. The van der Waals surface area contributed by atoms with Gasteiger partial charge in [-0.15, -0.1) is 0 Å². The number of rotatable bonds is 4. The minimum absolute atomic E-state index is 0.0873. The molecule has 196 valence electrons. The smallest absolute Gasteiger partial charge is 0.0773 e. The van der Waals surface area contributed by atoms with E-state index in [-0.39, 0.29) is 6.61 Å². The van der Waals surface area contributed by atoms with Crippen molar-refractivity contribution in [3.8, 4) is 0 Å². The van der Waals surface area contributed by atoms with Crippen molar-refractivity contribution in [3.05, 3.63) is 0 Å². The van der Waals surface area contributed by atoms with Gasteiger partial charge < -0.3 is 10.2 Å². The van der Waals surface area contributed by atoms with Crippen molar-refractivity contribution in [2.24, 2.45) is 62.6 Å². The molecule has 0 heterocycles. The Hall–Kier alpha value is -0.0800. The molecule has 5 rings (SSSR count). The van der Waals surface area contributed by atoms with E-state index in [2.05, 4.69) is 48.5 Å². The maximum Gasteiger partial charge on any atom is 0.0773 e. The van der Waals surface area contributed by atoms with E-state index in [9.17, 15) is 10.2 Å². The van der Waals surface area contributed by atoms with Crippen LogP contribution in [0.1, 0.15) is 126 Å². The molecule has 2 heteroatoms. The molecule has 0 aromatic carbocycles. The van der Waals surface area contributed by atoms with Crippen molar-refractivity contribution >= 4 is 0 Å². The molecule has 0 bridgehead atoms. The highest BCUT2D eigenvalue weighted by Gasteiger charge is 2.70. The van der Waals surface area contributed by atoms with E-state index in [1.54, 1.807) is 0 Å². The zero-order valence-electron chi connectivity index (χ0n) is 23.6. The first kappa shape index (κ1) is 25.6. The van der Waals surface area contributed by atoms with Gasteiger partial charge in [0.05, 0.1) is 12.7 Å². The summed E-state index contributed by atoms with van der Waals surface area (Å²) >= 11 is 0. The van der Waals surface area contributed by atoms with Gasteiger partial charge in [-0.1, -0.05) is 54.9 Å². The van der Waals surface area contributed by atoms with Crippen molar-refractivity contribution in [2.75, 3.05) is 6.61 Å². The topological polar surface area (TPSA) is 40.5 Å². The van der Waals surface area contributed by atoms with E-state index < -0.39 is 6.10 Å². The van der Waals surface area contributed by atoms with Gasteiger partial charge in [0, 0.05) is 0 Å². The second-order valence-corrected chi connectivity index (χ2v) is 15.9. The van der Waals surface area contributed by atoms with Gasteiger partial charge >= 0.3 is 0 Å². The first-order valence-corrected chi connectivity index (χ1v) is 15.1. The Bertz CT molecular complexity index is 775. The summed E-state index contributed by atoms with van der Waals surface area (Å²) in [5.41, 5.74) is 2.48. The minimum atomic E-state index is -0.541. The number of fused-ring (bicyclic) bond motifs is 7. The molecule has 0 radical (unpaired) electrons. The predicted octanol–water partition coefficient (Wildman–Crippen LogP) is 7.86. The summed E-state index contributed by atoms with van der Waals surface area (Å²) in [6, 6.07) is 0. The van der Waals surface area contributed by atoms with Crippen LogP contribution in [0.3, 0.4) is 0 Å². The monoisotopic (exact) mass is 472 g/mol. The molecule has 0 aromatic rings. The molecule has 0 spiro atoms. The lowest BCUT2D eigenvalue weighted by atomic mass is 9.32. The highest BCUT2D eigenvalue weighted by atomic mass is 16.3. The van der Waals surface area contributed by atoms with Crippen molar-refractivity contribution in [2.45, 2.75) is 132 Å². The highest BCUT2D eigenvalue weighted by molar-refractivity contribution is 5.19. The first-order valence-electron chi connectivity index (χ1n) is 15.1. The predicted molar refractivity (Wildman–Crippen MR) is 141 cm³/mol. The molecule has 0 saturated heterocycles. The van der Waals surface area contributed by atoms with Crippen molar-refractivity contribution in [1.82, 2.24) is 0 Å². The third-order valence-electron chi connectivity index (χ3n) is 14.3. The van der Waals surface area contributed by atoms with Crippen molar-refractivity contribution < 1.29 is 10.2 Å². The van der Waals surface area contributed by atoms with Crippen LogP contribution in [0.15, 0.2) is 0 Å². The molecule has 11 atom stereocenters. The molecule has 2 nitrogen and oxygen atoms in total. The molecule has 5 saturated carbocycles. The number of hydrogen-bond acceptors (Lipinski definition) is 2. The Morgan fingerprint density at radius 3 is 1.97 bits per heavy atom. The third-order valence-corrected chi connectivity index (χ3v) is 14.3. The van der Waals surface area contributed by atoms with Gasteiger partial charge in [0.2, 0.25) is 0 Å². The maximum atomic E-state index is 10.1. The average Bonchev–Trinajstić information content (AvgIpc) is 3.10. The van der Waals surface area contributed by atoms with Crippen LogP contribution in [0.4, 0.5) is 0 Å². The van der Waals surface area contributed by atoms with Crippen LogP contribution in [-0.2, 0) is 0 Å². The lowest BCUT2D eigenvalue weighted by molar-refractivity contribution is -0.241. The van der Waals surface area contributed by atoms with Gasteiger partial charge in [-0.05, 0) is 133 Å². The van der Waals surface area contributed by atoms with Crippen LogP contribution in [0, 0.1) is 62.6 Å². The summed E-state index contributed by atoms with van der Waals surface area (Å²) in [5, 5.41) is 19.6. The van der Waals surface area contributed by atoms with Gasteiger partial charge in [0.15, 0.2) is 0 Å². The van der Waals surface area contributed by atoms with E-state index in [1.807, 2.05) is 0 Å². The van der Waals surface area contributed by atoms with Crippen LogP contribution in [0.2, 0.25) is 0 Å². The fraction of sp³-hybridized carbons (Fsp3) is 1.00. The van der Waals surface area contributed by atoms with E-state index in [0.29, 0.717) is 33.0 Å². The molecule has 5 fully saturated rings. The largest absolute Gasteiger partial charge is 0.394 e. The molecule has 34 heavy (non-hydrogen) atoms. The van der Waals surface area contributed by atoms with Crippen molar-refractivity contribution in [3.63, 3.8) is 0 Å². The standard InChI is InChI=1S/C32H56O2/c1-21(19-22(34)20-33)23-11-16-29(4)24(23)12-17-31(6)26(29)9-10-27-30(5)15-8-14-28(2,3)25(30)13-18-32(27,31)7/h21-27,33-34H,8-20H2,1-7H3/t21-,22?,23-,24+,25+,26-,27-,29+,30+,31-,32-/m1/s1. The highest BCUT2D eigenvalue weighted by Crippen LogP contribution is 2.78. The summed E-state index contributed by atoms with van der Waals surface area (Å²) < 4.78 is 0. The first-order chi connectivity index (χ1) is 15.8. The Morgan fingerprint density at radius 1 is 0.706 bits per heavy atom. The van der Waals surface area contributed by atoms with Crippen LogP contribution >= 0.6 is 0 Å².